The van der Waals surface area contributed by atoms with Gasteiger partial charge in [-0.15, -0.1) is 0 Å². The maximum atomic E-state index is 9.13. The highest BCUT2D eigenvalue weighted by molar-refractivity contribution is 6.30. The SMILES string of the molecule is CC(NC1CCCCC1)c1ccc(Cl)cc1.Oc1ccc2ccccc2c1. The number of rotatable bonds is 3. The van der Waals surface area contributed by atoms with Crippen LogP contribution >= 0.6 is 11.6 Å². The van der Waals surface area contributed by atoms with Gasteiger partial charge in [-0.25, -0.2) is 0 Å². The van der Waals surface area contributed by atoms with Crippen molar-refractivity contribution >= 4 is 22.4 Å². The Morgan fingerprint density at radius 3 is 2.26 bits per heavy atom. The third kappa shape index (κ3) is 5.98. The van der Waals surface area contributed by atoms with E-state index in [2.05, 4.69) is 24.4 Å². The Hall–Kier alpha value is -2.03. The van der Waals surface area contributed by atoms with E-state index in [4.69, 9.17) is 16.7 Å². The summed E-state index contributed by atoms with van der Waals surface area (Å²) in [5.74, 6) is 0.323. The zero-order valence-corrected chi connectivity index (χ0v) is 16.6. The van der Waals surface area contributed by atoms with Gasteiger partial charge in [0.1, 0.15) is 5.75 Å². The Morgan fingerprint density at radius 1 is 0.889 bits per heavy atom. The average Bonchev–Trinajstić information content (AvgIpc) is 2.69. The van der Waals surface area contributed by atoms with Gasteiger partial charge in [0.15, 0.2) is 0 Å². The van der Waals surface area contributed by atoms with E-state index in [1.165, 1.54) is 37.7 Å². The average molecular weight is 382 g/mol. The molecule has 1 atom stereocenters. The number of nitrogens with one attached hydrogen (secondary N) is 1. The van der Waals surface area contributed by atoms with Gasteiger partial charge in [-0.2, -0.15) is 0 Å². The van der Waals surface area contributed by atoms with Gasteiger partial charge in [-0.05, 0) is 60.4 Å². The van der Waals surface area contributed by atoms with Crippen LogP contribution in [0.3, 0.4) is 0 Å². The summed E-state index contributed by atoms with van der Waals surface area (Å²) >= 11 is 5.89. The van der Waals surface area contributed by atoms with Crippen LogP contribution in [0, 0.1) is 0 Å². The Bertz CT molecular complexity index is 840. The molecule has 2 N–H and O–H groups in total. The van der Waals surface area contributed by atoms with E-state index in [0.717, 1.165) is 15.8 Å². The van der Waals surface area contributed by atoms with Gasteiger partial charge in [-0.1, -0.05) is 73.3 Å². The van der Waals surface area contributed by atoms with Crippen molar-refractivity contribution in [1.82, 2.24) is 5.32 Å². The molecule has 1 saturated carbocycles. The molecule has 0 amide bonds. The maximum absolute atomic E-state index is 9.13. The largest absolute Gasteiger partial charge is 0.508 e. The number of phenols is 1. The molecule has 0 heterocycles. The topological polar surface area (TPSA) is 32.3 Å². The molecule has 142 valence electrons. The first-order valence-corrected chi connectivity index (χ1v) is 10.2. The zero-order chi connectivity index (χ0) is 19.1. The Balaban J connectivity index is 0.000000166. The number of hydrogen-bond acceptors (Lipinski definition) is 2. The minimum atomic E-state index is 0.323. The zero-order valence-electron chi connectivity index (χ0n) is 15.9. The second-order valence-electron chi connectivity index (χ2n) is 7.31. The highest BCUT2D eigenvalue weighted by Gasteiger charge is 2.15. The van der Waals surface area contributed by atoms with Gasteiger partial charge in [-0.3, -0.25) is 0 Å². The summed E-state index contributed by atoms with van der Waals surface area (Å²) in [5, 5.41) is 15.9. The molecule has 3 aromatic carbocycles. The number of fused-ring (bicyclic) bond motifs is 1. The van der Waals surface area contributed by atoms with E-state index in [1.54, 1.807) is 12.1 Å². The quantitative estimate of drug-likeness (QED) is 0.518. The lowest BCUT2D eigenvalue weighted by Gasteiger charge is -2.26. The van der Waals surface area contributed by atoms with Crippen molar-refractivity contribution in [3.63, 3.8) is 0 Å². The molecule has 27 heavy (non-hydrogen) atoms. The lowest BCUT2D eigenvalue weighted by Crippen LogP contribution is -2.33. The fraction of sp³-hybridized carbons (Fsp3) is 0.333. The summed E-state index contributed by atoms with van der Waals surface area (Å²) < 4.78 is 0. The highest BCUT2D eigenvalue weighted by Crippen LogP contribution is 2.22. The van der Waals surface area contributed by atoms with Crippen molar-refractivity contribution in [1.29, 1.82) is 0 Å². The molecule has 1 aliphatic carbocycles. The van der Waals surface area contributed by atoms with Crippen LogP contribution in [0.2, 0.25) is 5.02 Å². The van der Waals surface area contributed by atoms with E-state index in [-0.39, 0.29) is 0 Å². The lowest BCUT2D eigenvalue weighted by molar-refractivity contribution is 0.347. The smallest absolute Gasteiger partial charge is 0.116 e. The number of halogens is 1. The predicted molar refractivity (Wildman–Crippen MR) is 115 cm³/mol. The van der Waals surface area contributed by atoms with Crippen LogP contribution in [-0.4, -0.2) is 11.1 Å². The molecular weight excluding hydrogens is 354 g/mol. The van der Waals surface area contributed by atoms with Crippen LogP contribution in [0.25, 0.3) is 10.8 Å². The fourth-order valence-corrected chi connectivity index (χ4v) is 3.77. The van der Waals surface area contributed by atoms with Crippen molar-refractivity contribution in [3.8, 4) is 5.75 Å². The summed E-state index contributed by atoms with van der Waals surface area (Å²) in [6.45, 7) is 2.23. The first-order chi connectivity index (χ1) is 13.1. The molecule has 2 nitrogen and oxygen atoms in total. The molecule has 0 aromatic heterocycles. The molecule has 1 aliphatic rings. The van der Waals surface area contributed by atoms with Crippen molar-refractivity contribution < 1.29 is 5.11 Å². The third-order valence-corrected chi connectivity index (χ3v) is 5.45. The molecule has 0 saturated heterocycles. The van der Waals surface area contributed by atoms with Gasteiger partial charge in [0, 0.05) is 17.1 Å². The number of benzene rings is 3. The van der Waals surface area contributed by atoms with Crippen molar-refractivity contribution in [3.05, 3.63) is 77.3 Å². The van der Waals surface area contributed by atoms with Crippen LogP contribution in [0.1, 0.15) is 50.6 Å². The Labute approximate surface area is 167 Å². The van der Waals surface area contributed by atoms with Gasteiger partial charge in [0.25, 0.3) is 0 Å². The molecule has 0 radical (unpaired) electrons. The van der Waals surface area contributed by atoms with Crippen LogP contribution < -0.4 is 5.32 Å². The number of phenolic OH excluding ortho intramolecular Hbond substituents is 1. The molecule has 1 unspecified atom stereocenters. The minimum absolute atomic E-state index is 0.323. The van der Waals surface area contributed by atoms with Gasteiger partial charge >= 0.3 is 0 Å². The monoisotopic (exact) mass is 381 g/mol. The van der Waals surface area contributed by atoms with Crippen molar-refractivity contribution in [2.75, 3.05) is 0 Å². The van der Waals surface area contributed by atoms with Crippen LogP contribution in [0.4, 0.5) is 0 Å². The van der Waals surface area contributed by atoms with E-state index < -0.39 is 0 Å². The molecule has 0 aliphatic heterocycles. The normalized spacial score (nSPS) is 15.8. The summed E-state index contributed by atoms with van der Waals surface area (Å²) in [6, 6.07) is 22.6. The maximum Gasteiger partial charge on any atom is 0.116 e. The van der Waals surface area contributed by atoms with Gasteiger partial charge < -0.3 is 10.4 Å². The number of hydrogen-bond donors (Lipinski definition) is 2. The molecule has 0 bridgehead atoms. The van der Waals surface area contributed by atoms with Gasteiger partial charge in [0.05, 0.1) is 0 Å². The third-order valence-electron chi connectivity index (χ3n) is 5.19. The fourth-order valence-electron chi connectivity index (χ4n) is 3.65. The molecule has 3 heteroatoms. The van der Waals surface area contributed by atoms with Gasteiger partial charge in [0.2, 0.25) is 0 Å². The molecule has 4 rings (SSSR count). The first kappa shape index (κ1) is 19.7. The van der Waals surface area contributed by atoms with Crippen LogP contribution in [0.5, 0.6) is 5.75 Å². The predicted octanol–water partition coefficient (Wildman–Crippen LogP) is 6.87. The molecule has 1 fully saturated rings. The van der Waals surface area contributed by atoms with Crippen molar-refractivity contribution in [2.24, 2.45) is 0 Å². The van der Waals surface area contributed by atoms with E-state index in [9.17, 15) is 0 Å². The second-order valence-corrected chi connectivity index (χ2v) is 7.74. The van der Waals surface area contributed by atoms with E-state index in [1.807, 2.05) is 42.5 Å². The summed E-state index contributed by atoms with van der Waals surface area (Å²) in [4.78, 5) is 0. The number of aromatic hydroxyl groups is 1. The van der Waals surface area contributed by atoms with Crippen LogP contribution in [-0.2, 0) is 0 Å². The molecule has 0 spiro atoms. The molecule has 3 aromatic rings. The highest BCUT2D eigenvalue weighted by atomic mass is 35.5. The second kappa shape index (κ2) is 9.77. The summed E-state index contributed by atoms with van der Waals surface area (Å²) in [6.07, 6.45) is 6.83. The van der Waals surface area contributed by atoms with E-state index >= 15 is 0 Å². The Kier molecular flexibility index (Phi) is 7.14. The van der Waals surface area contributed by atoms with Crippen LogP contribution in [0.15, 0.2) is 66.7 Å². The summed E-state index contributed by atoms with van der Waals surface area (Å²) in [5.41, 5.74) is 1.33. The van der Waals surface area contributed by atoms with E-state index in [0.29, 0.717) is 17.8 Å². The first-order valence-electron chi connectivity index (χ1n) is 9.81. The Morgan fingerprint density at radius 2 is 1.56 bits per heavy atom. The summed E-state index contributed by atoms with van der Waals surface area (Å²) in [7, 11) is 0. The minimum Gasteiger partial charge on any atom is -0.508 e. The lowest BCUT2D eigenvalue weighted by atomic mass is 9.94. The van der Waals surface area contributed by atoms with Crippen molar-refractivity contribution in [2.45, 2.75) is 51.1 Å². The standard InChI is InChI=1S/C14H20ClN.C10H8O/c1-11(12-7-9-13(15)10-8-12)16-14-5-3-2-4-6-14;11-10-6-5-8-3-1-2-4-9(8)7-10/h7-11,14,16H,2-6H2,1H3;1-7,11H. The molecular formula is C24H28ClNO.